The molecule has 2 N–H and O–H groups in total. The summed E-state index contributed by atoms with van der Waals surface area (Å²) in [7, 11) is 1.98. The second-order valence-corrected chi connectivity index (χ2v) is 3.74. The van der Waals surface area contributed by atoms with Crippen LogP contribution in [0.5, 0.6) is 0 Å². The fraction of sp³-hybridized carbons (Fsp3) is 0.417. The Morgan fingerprint density at radius 2 is 2.27 bits per heavy atom. The Balaban J connectivity index is 2.29. The molecule has 0 amide bonds. The van der Waals surface area contributed by atoms with Gasteiger partial charge in [0.25, 0.3) is 0 Å². The molecule has 0 fully saturated rings. The van der Waals surface area contributed by atoms with E-state index < -0.39 is 0 Å². The number of aromatic nitrogens is 2. The highest BCUT2D eigenvalue weighted by molar-refractivity contribution is 5.75. The highest BCUT2D eigenvalue weighted by Crippen LogP contribution is 2.14. The van der Waals surface area contributed by atoms with Gasteiger partial charge in [-0.1, -0.05) is 13.0 Å². The van der Waals surface area contributed by atoms with Gasteiger partial charge >= 0.3 is 0 Å². The maximum atomic E-state index is 4.48. The van der Waals surface area contributed by atoms with Crippen LogP contribution in [0.3, 0.4) is 0 Å². The number of imidazole rings is 1. The first-order chi connectivity index (χ1) is 7.33. The SMILES string of the molecule is CCc1nc2ccc(CCNC)cc2[nH]1. The normalized spacial score (nSPS) is 11.1. The molecule has 1 aromatic carbocycles. The van der Waals surface area contributed by atoms with Crippen molar-refractivity contribution >= 4 is 11.0 Å². The van der Waals surface area contributed by atoms with Crippen LogP contribution in [0.25, 0.3) is 11.0 Å². The zero-order valence-corrected chi connectivity index (χ0v) is 9.30. The second kappa shape index (κ2) is 4.45. The molecule has 0 bridgehead atoms. The summed E-state index contributed by atoms with van der Waals surface area (Å²) in [5, 5.41) is 3.15. The third-order valence-corrected chi connectivity index (χ3v) is 2.59. The van der Waals surface area contributed by atoms with Gasteiger partial charge in [-0.05, 0) is 37.7 Å². The molecule has 0 spiro atoms. The zero-order valence-electron chi connectivity index (χ0n) is 9.30. The molecule has 2 rings (SSSR count). The molecule has 0 saturated carbocycles. The van der Waals surface area contributed by atoms with Gasteiger partial charge in [0.15, 0.2) is 0 Å². The van der Waals surface area contributed by atoms with Crippen LogP contribution in [-0.2, 0) is 12.8 Å². The fourth-order valence-corrected chi connectivity index (χ4v) is 1.70. The van der Waals surface area contributed by atoms with Crippen LogP contribution in [0.2, 0.25) is 0 Å². The van der Waals surface area contributed by atoms with Crippen LogP contribution in [0.1, 0.15) is 18.3 Å². The number of fused-ring (bicyclic) bond motifs is 1. The molecule has 0 saturated heterocycles. The summed E-state index contributed by atoms with van der Waals surface area (Å²) in [6.07, 6.45) is 2.02. The summed E-state index contributed by atoms with van der Waals surface area (Å²) in [4.78, 5) is 7.81. The average Bonchev–Trinajstić information content (AvgIpc) is 2.68. The zero-order chi connectivity index (χ0) is 10.7. The second-order valence-electron chi connectivity index (χ2n) is 3.74. The summed E-state index contributed by atoms with van der Waals surface area (Å²) >= 11 is 0. The molecule has 3 nitrogen and oxygen atoms in total. The lowest BCUT2D eigenvalue weighted by Crippen LogP contribution is -2.10. The summed E-state index contributed by atoms with van der Waals surface area (Å²) in [5.74, 6) is 1.07. The number of benzene rings is 1. The van der Waals surface area contributed by atoms with E-state index in [-0.39, 0.29) is 0 Å². The highest BCUT2D eigenvalue weighted by atomic mass is 14.9. The maximum Gasteiger partial charge on any atom is 0.106 e. The van der Waals surface area contributed by atoms with Gasteiger partial charge in [0.1, 0.15) is 5.82 Å². The lowest BCUT2D eigenvalue weighted by Gasteiger charge is -1.99. The number of hydrogen-bond acceptors (Lipinski definition) is 2. The minimum Gasteiger partial charge on any atom is -0.342 e. The molecule has 2 aromatic rings. The number of rotatable bonds is 4. The molecule has 1 aromatic heterocycles. The van der Waals surface area contributed by atoms with Crippen LogP contribution in [0, 0.1) is 0 Å². The van der Waals surface area contributed by atoms with Gasteiger partial charge in [-0.15, -0.1) is 0 Å². The van der Waals surface area contributed by atoms with E-state index in [0.29, 0.717) is 0 Å². The van der Waals surface area contributed by atoms with Gasteiger partial charge in [-0.2, -0.15) is 0 Å². The molecule has 0 aliphatic rings. The third-order valence-electron chi connectivity index (χ3n) is 2.59. The van der Waals surface area contributed by atoms with Crippen molar-refractivity contribution in [3.05, 3.63) is 29.6 Å². The van der Waals surface area contributed by atoms with Crippen molar-refractivity contribution in [2.45, 2.75) is 19.8 Å². The number of H-pyrrole nitrogens is 1. The van der Waals surface area contributed by atoms with Crippen LogP contribution in [-0.4, -0.2) is 23.6 Å². The molecular formula is C12H17N3. The number of likely N-dealkylation sites (N-methyl/N-ethyl adjacent to an activating group) is 1. The molecule has 0 unspecified atom stereocenters. The lowest BCUT2D eigenvalue weighted by atomic mass is 10.1. The van der Waals surface area contributed by atoms with E-state index in [1.165, 1.54) is 5.56 Å². The van der Waals surface area contributed by atoms with E-state index in [4.69, 9.17) is 0 Å². The molecule has 1 heterocycles. The van der Waals surface area contributed by atoms with Crippen molar-refractivity contribution in [3.8, 4) is 0 Å². The third kappa shape index (κ3) is 2.18. The topological polar surface area (TPSA) is 40.7 Å². The van der Waals surface area contributed by atoms with E-state index in [0.717, 1.165) is 36.2 Å². The Labute approximate surface area is 89.9 Å². The van der Waals surface area contributed by atoms with Gasteiger partial charge in [-0.25, -0.2) is 4.98 Å². The Bertz CT molecular complexity index is 445. The molecule has 0 aliphatic carbocycles. The van der Waals surface area contributed by atoms with Crippen LogP contribution >= 0.6 is 0 Å². The number of aryl methyl sites for hydroxylation is 1. The van der Waals surface area contributed by atoms with Crippen LogP contribution < -0.4 is 5.32 Å². The predicted molar refractivity (Wildman–Crippen MR) is 63.1 cm³/mol. The van der Waals surface area contributed by atoms with Crippen molar-refractivity contribution in [2.75, 3.05) is 13.6 Å². The predicted octanol–water partition coefficient (Wildman–Crippen LogP) is 1.89. The Morgan fingerprint density at radius 1 is 1.40 bits per heavy atom. The Kier molecular flexibility index (Phi) is 3.02. The molecule has 3 heteroatoms. The number of hydrogen-bond donors (Lipinski definition) is 2. The van der Waals surface area contributed by atoms with Gasteiger partial charge in [0.2, 0.25) is 0 Å². The van der Waals surface area contributed by atoms with Crippen LogP contribution in [0.15, 0.2) is 18.2 Å². The van der Waals surface area contributed by atoms with Crippen molar-refractivity contribution in [3.63, 3.8) is 0 Å². The minimum atomic E-state index is 0.959. The summed E-state index contributed by atoms with van der Waals surface area (Å²) in [5.41, 5.74) is 3.57. The van der Waals surface area contributed by atoms with E-state index in [9.17, 15) is 0 Å². The van der Waals surface area contributed by atoms with E-state index >= 15 is 0 Å². The van der Waals surface area contributed by atoms with Crippen LogP contribution in [0.4, 0.5) is 0 Å². The monoisotopic (exact) mass is 203 g/mol. The molecule has 0 radical (unpaired) electrons. The summed E-state index contributed by atoms with van der Waals surface area (Å²) in [6, 6.07) is 6.44. The summed E-state index contributed by atoms with van der Waals surface area (Å²) in [6.45, 7) is 3.12. The van der Waals surface area contributed by atoms with Crippen molar-refractivity contribution in [1.82, 2.24) is 15.3 Å². The standard InChI is InChI=1S/C12H17N3/c1-3-12-14-10-5-4-9(6-7-13-2)8-11(10)15-12/h4-5,8,13H,3,6-7H2,1-2H3,(H,14,15). The Morgan fingerprint density at radius 3 is 3.00 bits per heavy atom. The fourth-order valence-electron chi connectivity index (χ4n) is 1.70. The van der Waals surface area contributed by atoms with Gasteiger partial charge < -0.3 is 10.3 Å². The average molecular weight is 203 g/mol. The smallest absolute Gasteiger partial charge is 0.106 e. The van der Waals surface area contributed by atoms with Gasteiger partial charge in [0, 0.05) is 6.42 Å². The molecular weight excluding hydrogens is 186 g/mol. The van der Waals surface area contributed by atoms with Gasteiger partial charge in [-0.3, -0.25) is 0 Å². The van der Waals surface area contributed by atoms with Crippen molar-refractivity contribution in [2.24, 2.45) is 0 Å². The van der Waals surface area contributed by atoms with E-state index in [1.807, 2.05) is 7.05 Å². The number of nitrogens with zero attached hydrogens (tertiary/aromatic N) is 1. The van der Waals surface area contributed by atoms with Gasteiger partial charge in [0.05, 0.1) is 11.0 Å². The summed E-state index contributed by atoms with van der Waals surface area (Å²) < 4.78 is 0. The number of aromatic amines is 1. The molecule has 80 valence electrons. The number of nitrogens with one attached hydrogen (secondary N) is 2. The first-order valence-electron chi connectivity index (χ1n) is 5.45. The first kappa shape index (κ1) is 10.2. The molecule has 15 heavy (non-hydrogen) atoms. The first-order valence-corrected chi connectivity index (χ1v) is 5.45. The van der Waals surface area contributed by atoms with Crippen molar-refractivity contribution in [1.29, 1.82) is 0 Å². The highest BCUT2D eigenvalue weighted by Gasteiger charge is 2.01. The molecule has 0 aliphatic heterocycles. The van der Waals surface area contributed by atoms with E-state index in [1.54, 1.807) is 0 Å². The van der Waals surface area contributed by atoms with E-state index in [2.05, 4.69) is 40.4 Å². The minimum absolute atomic E-state index is 0.959. The van der Waals surface area contributed by atoms with Crippen molar-refractivity contribution < 1.29 is 0 Å². The molecule has 0 atom stereocenters. The maximum absolute atomic E-state index is 4.48. The quantitative estimate of drug-likeness (QED) is 0.796. The largest absolute Gasteiger partial charge is 0.342 e. The Hall–Kier alpha value is -1.35. The lowest BCUT2D eigenvalue weighted by molar-refractivity contribution is 0.792.